The number of hydrogen-bond acceptors (Lipinski definition) is 6. The van der Waals surface area contributed by atoms with Crippen LogP contribution in [0.1, 0.15) is 38.4 Å². The van der Waals surface area contributed by atoms with Crippen molar-refractivity contribution in [3.63, 3.8) is 0 Å². The first-order valence-corrected chi connectivity index (χ1v) is 10.5. The normalized spacial score (nSPS) is 11.5. The van der Waals surface area contributed by atoms with Crippen LogP contribution < -0.4 is 21.7 Å². The van der Waals surface area contributed by atoms with Crippen molar-refractivity contribution in [2.24, 2.45) is 4.99 Å². The van der Waals surface area contributed by atoms with Crippen molar-refractivity contribution < 1.29 is 9.53 Å². The van der Waals surface area contributed by atoms with Crippen LogP contribution in [0, 0.1) is 11.3 Å². The van der Waals surface area contributed by atoms with Gasteiger partial charge in [0.15, 0.2) is 5.96 Å². The molecule has 172 valence electrons. The number of nitrogens with two attached hydrogens (primary N) is 1. The fraction of sp³-hybridized carbons (Fsp3) is 0.455. The van der Waals surface area contributed by atoms with Crippen molar-refractivity contribution in [2.45, 2.75) is 39.2 Å². The van der Waals surface area contributed by atoms with Gasteiger partial charge in [-0.15, -0.1) is 0 Å². The van der Waals surface area contributed by atoms with Gasteiger partial charge in [-0.1, -0.05) is 18.2 Å². The van der Waals surface area contributed by atoms with Gasteiger partial charge in [0.25, 0.3) is 0 Å². The number of para-hydroxylation sites is 1. The Morgan fingerprint density at radius 3 is 2.47 bits per heavy atom. The van der Waals surface area contributed by atoms with Crippen LogP contribution in [-0.2, 0) is 11.2 Å². The van der Waals surface area contributed by atoms with E-state index in [1.807, 2.05) is 51.1 Å². The predicted molar refractivity (Wildman–Crippen MR) is 125 cm³/mol. The van der Waals surface area contributed by atoms with Gasteiger partial charge in [-0.05, 0) is 45.7 Å². The molecular weight excluding hydrogens is 408 g/mol. The van der Waals surface area contributed by atoms with Crippen molar-refractivity contribution >= 4 is 17.9 Å². The molecule has 0 bridgehead atoms. The lowest BCUT2D eigenvalue weighted by molar-refractivity contribution is 0.0529. The zero-order valence-corrected chi connectivity index (χ0v) is 19.1. The van der Waals surface area contributed by atoms with E-state index in [1.54, 1.807) is 11.7 Å². The summed E-state index contributed by atoms with van der Waals surface area (Å²) in [6.45, 7) is 6.97. The van der Waals surface area contributed by atoms with Gasteiger partial charge in [0.1, 0.15) is 23.1 Å². The summed E-state index contributed by atoms with van der Waals surface area (Å²) >= 11 is 0. The highest BCUT2D eigenvalue weighted by atomic mass is 16.6. The standard InChI is InChI=1S/C22H32N8O2/c1-22(2,3)32-21(31)28-14-13-27-20(25-4)26-12-8-11-18-17(15-23)19(24)30(29-18)16-9-6-5-7-10-16/h5-7,9-10H,8,11-14,24H2,1-4H3,(H,28,31)(H2,25,26,27). The largest absolute Gasteiger partial charge is 0.444 e. The lowest BCUT2D eigenvalue weighted by Gasteiger charge is -2.19. The maximum Gasteiger partial charge on any atom is 0.407 e. The highest BCUT2D eigenvalue weighted by Gasteiger charge is 2.17. The average Bonchev–Trinajstić information content (AvgIpc) is 3.07. The topological polar surface area (TPSA) is 142 Å². The highest BCUT2D eigenvalue weighted by molar-refractivity contribution is 5.79. The highest BCUT2D eigenvalue weighted by Crippen LogP contribution is 2.21. The number of guanidine groups is 1. The number of amides is 1. The van der Waals surface area contributed by atoms with Gasteiger partial charge in [0.05, 0.1) is 11.4 Å². The first kappa shape index (κ1) is 24.5. The second-order valence-electron chi connectivity index (χ2n) is 8.02. The maximum absolute atomic E-state index is 11.6. The number of nitrogen functional groups attached to an aromatic ring is 1. The van der Waals surface area contributed by atoms with E-state index in [9.17, 15) is 10.1 Å². The van der Waals surface area contributed by atoms with E-state index < -0.39 is 11.7 Å². The van der Waals surface area contributed by atoms with Crippen molar-refractivity contribution in [1.29, 1.82) is 5.26 Å². The lowest BCUT2D eigenvalue weighted by Crippen LogP contribution is -2.42. The number of nitrogens with zero attached hydrogens (tertiary/aromatic N) is 4. The Hall–Kier alpha value is -3.74. The van der Waals surface area contributed by atoms with Crippen LogP contribution in [0.2, 0.25) is 0 Å². The van der Waals surface area contributed by atoms with Crippen LogP contribution in [0.5, 0.6) is 0 Å². The zero-order valence-electron chi connectivity index (χ0n) is 19.1. The molecule has 0 saturated heterocycles. The number of alkyl carbamates (subject to hydrolysis) is 1. The Morgan fingerprint density at radius 1 is 1.19 bits per heavy atom. The first-order valence-electron chi connectivity index (χ1n) is 10.5. The van der Waals surface area contributed by atoms with Crippen LogP contribution in [-0.4, -0.2) is 54.1 Å². The van der Waals surface area contributed by atoms with Crippen LogP contribution in [0.25, 0.3) is 5.69 Å². The number of carbonyl (C=O) groups excluding carboxylic acids is 1. The first-order chi connectivity index (χ1) is 15.2. The number of ether oxygens (including phenoxy) is 1. The fourth-order valence-electron chi connectivity index (χ4n) is 2.88. The van der Waals surface area contributed by atoms with Crippen LogP contribution in [0.3, 0.4) is 0 Å². The monoisotopic (exact) mass is 440 g/mol. The summed E-state index contributed by atoms with van der Waals surface area (Å²) in [6, 6.07) is 11.7. The molecule has 10 heteroatoms. The van der Waals surface area contributed by atoms with Crippen molar-refractivity contribution in [3.8, 4) is 11.8 Å². The average molecular weight is 441 g/mol. The molecule has 1 amide bonds. The molecule has 0 saturated carbocycles. The second kappa shape index (κ2) is 11.6. The molecule has 1 aromatic carbocycles. The third-order valence-corrected chi connectivity index (χ3v) is 4.30. The Kier molecular flexibility index (Phi) is 8.89. The van der Waals surface area contributed by atoms with E-state index in [2.05, 4.69) is 32.1 Å². The number of nitrogens with one attached hydrogen (secondary N) is 3. The van der Waals surface area contributed by atoms with E-state index in [-0.39, 0.29) is 0 Å². The molecule has 2 rings (SSSR count). The number of rotatable bonds is 8. The molecule has 2 aromatic rings. The Balaban J connectivity index is 1.78. The summed E-state index contributed by atoms with van der Waals surface area (Å²) in [5.74, 6) is 0.961. The van der Waals surface area contributed by atoms with E-state index in [1.165, 1.54) is 0 Å². The summed E-state index contributed by atoms with van der Waals surface area (Å²) in [7, 11) is 1.67. The molecule has 0 radical (unpaired) electrons. The number of aromatic nitrogens is 2. The minimum atomic E-state index is -0.526. The molecule has 0 aliphatic heterocycles. The van der Waals surface area contributed by atoms with Gasteiger partial charge in [-0.25, -0.2) is 9.48 Å². The Bertz CT molecular complexity index is 955. The van der Waals surface area contributed by atoms with Gasteiger partial charge in [0.2, 0.25) is 0 Å². The molecular formula is C22H32N8O2. The second-order valence-corrected chi connectivity index (χ2v) is 8.02. The molecule has 0 atom stereocenters. The zero-order chi connectivity index (χ0) is 23.6. The quantitative estimate of drug-likeness (QED) is 0.279. The molecule has 0 spiro atoms. The van der Waals surface area contributed by atoms with Gasteiger partial charge in [-0.2, -0.15) is 10.4 Å². The third kappa shape index (κ3) is 7.50. The van der Waals surface area contributed by atoms with E-state index in [4.69, 9.17) is 10.5 Å². The molecule has 0 unspecified atom stereocenters. The molecule has 1 heterocycles. The van der Waals surface area contributed by atoms with Gasteiger partial charge in [0, 0.05) is 26.7 Å². The summed E-state index contributed by atoms with van der Waals surface area (Å²) in [5, 5.41) is 23.0. The predicted octanol–water partition coefficient (Wildman–Crippen LogP) is 1.95. The summed E-state index contributed by atoms with van der Waals surface area (Å²) < 4.78 is 6.78. The number of benzene rings is 1. The van der Waals surface area contributed by atoms with Crippen molar-refractivity contribution in [1.82, 2.24) is 25.7 Å². The van der Waals surface area contributed by atoms with Crippen LogP contribution in [0.15, 0.2) is 35.3 Å². The maximum atomic E-state index is 11.6. The number of anilines is 1. The summed E-state index contributed by atoms with van der Waals surface area (Å²) in [5.41, 5.74) is 7.50. The molecule has 32 heavy (non-hydrogen) atoms. The molecule has 5 N–H and O–H groups in total. The van der Waals surface area contributed by atoms with Crippen LogP contribution in [0.4, 0.5) is 10.6 Å². The van der Waals surface area contributed by atoms with E-state index >= 15 is 0 Å². The van der Waals surface area contributed by atoms with Crippen molar-refractivity contribution in [3.05, 3.63) is 41.6 Å². The van der Waals surface area contributed by atoms with Crippen molar-refractivity contribution in [2.75, 3.05) is 32.4 Å². The molecule has 10 nitrogen and oxygen atoms in total. The van der Waals surface area contributed by atoms with E-state index in [0.717, 1.165) is 12.1 Å². The fourth-order valence-corrected chi connectivity index (χ4v) is 2.88. The minimum Gasteiger partial charge on any atom is -0.444 e. The molecule has 0 aliphatic carbocycles. The van der Waals surface area contributed by atoms with Gasteiger partial charge in [-0.3, -0.25) is 4.99 Å². The lowest BCUT2D eigenvalue weighted by atomic mass is 10.1. The minimum absolute atomic E-state index is 0.344. The molecule has 1 aromatic heterocycles. The number of nitriles is 1. The summed E-state index contributed by atoms with van der Waals surface area (Å²) in [4.78, 5) is 15.8. The number of hydrogen-bond donors (Lipinski definition) is 4. The smallest absolute Gasteiger partial charge is 0.407 e. The Morgan fingerprint density at radius 2 is 1.84 bits per heavy atom. The van der Waals surface area contributed by atoms with Gasteiger partial charge >= 0.3 is 6.09 Å². The van der Waals surface area contributed by atoms with E-state index in [0.29, 0.717) is 49.1 Å². The van der Waals surface area contributed by atoms with Gasteiger partial charge < -0.3 is 26.4 Å². The summed E-state index contributed by atoms with van der Waals surface area (Å²) in [6.07, 6.45) is 0.873. The molecule has 0 fully saturated rings. The number of carbonyl (C=O) groups is 1. The third-order valence-electron chi connectivity index (χ3n) is 4.30. The van der Waals surface area contributed by atoms with Crippen LogP contribution >= 0.6 is 0 Å². The molecule has 0 aliphatic rings. The number of aryl methyl sites for hydroxylation is 1. The SMILES string of the molecule is CN=C(NCCCc1nn(-c2ccccc2)c(N)c1C#N)NCCNC(=O)OC(C)(C)C. The Labute approximate surface area is 188 Å². The number of aliphatic imine (C=N–C) groups is 1.